The number of hydrogen-bond acceptors (Lipinski definition) is 2. The second kappa shape index (κ2) is 19.2. The Bertz CT molecular complexity index is 228. The molecule has 0 saturated carbocycles. The van der Waals surface area contributed by atoms with Gasteiger partial charge in [0.25, 0.3) is 0 Å². The molecule has 0 radical (unpaired) electrons. The van der Waals surface area contributed by atoms with Gasteiger partial charge in [-0.1, -0.05) is 97.3 Å². The smallest absolute Gasteiger partial charge is 0.0776 e. The molecule has 0 saturated heterocycles. The fraction of sp³-hybridized carbons (Fsp3) is 1.00. The average Bonchev–Trinajstić information content (AvgIpc) is 2.57. The lowest BCUT2D eigenvalue weighted by Gasteiger charge is -2.09. The average molecular weight is 343 g/mol. The van der Waals surface area contributed by atoms with Gasteiger partial charge in [-0.05, 0) is 19.3 Å². The first-order chi connectivity index (χ1) is 11.7. The lowest BCUT2D eigenvalue weighted by atomic mass is 10.0. The molecular weight excluding hydrogens is 296 g/mol. The Morgan fingerprint density at radius 2 is 1.00 bits per heavy atom. The summed E-state index contributed by atoms with van der Waals surface area (Å²) in [5.74, 6) is 0.886. The minimum atomic E-state index is 0.227. The summed E-state index contributed by atoms with van der Waals surface area (Å²) in [7, 11) is 1.74. The van der Waals surface area contributed by atoms with Gasteiger partial charge in [0, 0.05) is 13.7 Å². The first kappa shape index (κ1) is 23.9. The molecule has 1 unspecified atom stereocenters. The molecule has 2 nitrogen and oxygen atoms in total. The Morgan fingerprint density at radius 1 is 0.583 bits per heavy atom. The van der Waals surface area contributed by atoms with Gasteiger partial charge in [-0.15, -0.1) is 0 Å². The molecule has 0 aliphatic heterocycles. The van der Waals surface area contributed by atoms with Crippen molar-refractivity contribution in [1.29, 1.82) is 0 Å². The predicted octanol–water partition coefficient (Wildman–Crippen LogP) is 7.16. The van der Waals surface area contributed by atoms with Crippen LogP contribution in [0.3, 0.4) is 0 Å². The molecule has 0 aromatic heterocycles. The molecule has 0 aromatic carbocycles. The van der Waals surface area contributed by atoms with Crippen molar-refractivity contribution < 1.29 is 9.47 Å². The van der Waals surface area contributed by atoms with Crippen LogP contribution in [0, 0.1) is 5.92 Å². The Morgan fingerprint density at radius 3 is 1.42 bits per heavy atom. The third-order valence-corrected chi connectivity index (χ3v) is 4.83. The van der Waals surface area contributed by atoms with E-state index in [1.165, 1.54) is 89.9 Å². The number of unbranched alkanes of at least 4 members (excludes halogenated alkanes) is 12. The van der Waals surface area contributed by atoms with Crippen LogP contribution in [0.5, 0.6) is 0 Å². The predicted molar refractivity (Wildman–Crippen MR) is 107 cm³/mol. The first-order valence-electron chi connectivity index (χ1n) is 10.8. The van der Waals surface area contributed by atoms with E-state index in [0.29, 0.717) is 0 Å². The number of rotatable bonds is 19. The van der Waals surface area contributed by atoms with Crippen LogP contribution >= 0.6 is 0 Å². The molecule has 146 valence electrons. The van der Waals surface area contributed by atoms with Crippen molar-refractivity contribution in [3.63, 3.8) is 0 Å². The summed E-state index contributed by atoms with van der Waals surface area (Å²) in [4.78, 5) is 0. The molecule has 0 amide bonds. The van der Waals surface area contributed by atoms with Gasteiger partial charge < -0.3 is 9.47 Å². The molecule has 2 heteroatoms. The van der Waals surface area contributed by atoms with Crippen molar-refractivity contribution in [2.75, 3.05) is 20.3 Å². The Kier molecular flexibility index (Phi) is 19.2. The third-order valence-electron chi connectivity index (χ3n) is 4.83. The highest BCUT2D eigenvalue weighted by Crippen LogP contribution is 2.14. The van der Waals surface area contributed by atoms with Gasteiger partial charge in [-0.3, -0.25) is 0 Å². The maximum Gasteiger partial charge on any atom is 0.0776 e. The molecule has 0 bridgehead atoms. The summed E-state index contributed by atoms with van der Waals surface area (Å²) in [5.41, 5.74) is 0. The van der Waals surface area contributed by atoms with Crippen LogP contribution < -0.4 is 0 Å². The summed E-state index contributed by atoms with van der Waals surface area (Å²) in [6.45, 7) is 8.33. The second-order valence-corrected chi connectivity index (χ2v) is 7.90. The molecule has 0 spiro atoms. The standard InChI is InChI=1S/C22H46O2/c1-21(2)18-16-14-12-10-8-6-5-7-9-11-13-15-17-19-24-20-22(3)23-4/h21-22H,5-20H2,1-4H3. The molecule has 24 heavy (non-hydrogen) atoms. The number of methoxy groups -OCH3 is 1. The van der Waals surface area contributed by atoms with Crippen molar-refractivity contribution in [1.82, 2.24) is 0 Å². The SMILES string of the molecule is COC(C)COCCCCCCCCCCCCCCCC(C)C. The van der Waals surface area contributed by atoms with E-state index in [-0.39, 0.29) is 6.10 Å². The highest BCUT2D eigenvalue weighted by atomic mass is 16.5. The van der Waals surface area contributed by atoms with Crippen molar-refractivity contribution in [3.05, 3.63) is 0 Å². The van der Waals surface area contributed by atoms with E-state index in [1.54, 1.807) is 7.11 Å². The van der Waals surface area contributed by atoms with E-state index in [1.807, 2.05) is 6.92 Å². The normalized spacial score (nSPS) is 12.9. The van der Waals surface area contributed by atoms with Crippen LogP contribution in [0.4, 0.5) is 0 Å². The van der Waals surface area contributed by atoms with Gasteiger partial charge in [0.15, 0.2) is 0 Å². The third kappa shape index (κ3) is 20.0. The molecule has 1 atom stereocenters. The summed E-state index contributed by atoms with van der Waals surface area (Å²) in [6, 6.07) is 0. The zero-order valence-electron chi connectivity index (χ0n) is 17.3. The molecule has 0 heterocycles. The van der Waals surface area contributed by atoms with E-state index in [4.69, 9.17) is 9.47 Å². The van der Waals surface area contributed by atoms with Crippen molar-refractivity contribution in [3.8, 4) is 0 Å². The van der Waals surface area contributed by atoms with Crippen LogP contribution in [-0.2, 0) is 9.47 Å². The minimum Gasteiger partial charge on any atom is -0.379 e. The van der Waals surface area contributed by atoms with Crippen molar-refractivity contribution in [2.24, 2.45) is 5.92 Å². The van der Waals surface area contributed by atoms with E-state index < -0.39 is 0 Å². The molecule has 0 N–H and O–H groups in total. The Hall–Kier alpha value is -0.0800. The fourth-order valence-electron chi connectivity index (χ4n) is 3.02. The molecular formula is C22H46O2. The van der Waals surface area contributed by atoms with Gasteiger partial charge in [-0.2, -0.15) is 0 Å². The number of ether oxygens (including phenoxy) is 2. The minimum absolute atomic E-state index is 0.227. The summed E-state index contributed by atoms with van der Waals surface area (Å²) >= 11 is 0. The first-order valence-corrected chi connectivity index (χ1v) is 10.8. The molecule has 0 aliphatic carbocycles. The van der Waals surface area contributed by atoms with Gasteiger partial charge in [0.1, 0.15) is 0 Å². The lowest BCUT2D eigenvalue weighted by molar-refractivity contribution is 0.0174. The van der Waals surface area contributed by atoms with Crippen molar-refractivity contribution >= 4 is 0 Å². The zero-order valence-corrected chi connectivity index (χ0v) is 17.3. The summed E-state index contributed by atoms with van der Waals surface area (Å²) < 4.78 is 10.7. The van der Waals surface area contributed by atoms with Crippen molar-refractivity contribution in [2.45, 2.75) is 117 Å². The maximum atomic E-state index is 5.58. The van der Waals surface area contributed by atoms with Gasteiger partial charge in [-0.25, -0.2) is 0 Å². The van der Waals surface area contributed by atoms with E-state index in [0.717, 1.165) is 19.1 Å². The summed E-state index contributed by atoms with van der Waals surface area (Å²) in [6.07, 6.45) is 20.0. The monoisotopic (exact) mass is 342 g/mol. The molecule has 0 aliphatic rings. The van der Waals surface area contributed by atoms with Gasteiger partial charge >= 0.3 is 0 Å². The van der Waals surface area contributed by atoms with Gasteiger partial charge in [0.05, 0.1) is 12.7 Å². The lowest BCUT2D eigenvalue weighted by Crippen LogP contribution is -2.14. The maximum absolute atomic E-state index is 5.58. The topological polar surface area (TPSA) is 18.5 Å². The Balaban J connectivity index is 3.00. The van der Waals surface area contributed by atoms with E-state index in [2.05, 4.69) is 13.8 Å². The van der Waals surface area contributed by atoms with Crippen LogP contribution in [0.15, 0.2) is 0 Å². The quantitative estimate of drug-likeness (QED) is 0.232. The van der Waals surface area contributed by atoms with Crippen LogP contribution in [-0.4, -0.2) is 26.4 Å². The second-order valence-electron chi connectivity index (χ2n) is 7.90. The van der Waals surface area contributed by atoms with Crippen LogP contribution in [0.1, 0.15) is 111 Å². The number of hydrogen-bond donors (Lipinski definition) is 0. The Labute approximate surface area is 153 Å². The molecule has 0 fully saturated rings. The highest BCUT2D eigenvalue weighted by Gasteiger charge is 1.99. The van der Waals surface area contributed by atoms with E-state index >= 15 is 0 Å². The molecule has 0 rings (SSSR count). The highest BCUT2D eigenvalue weighted by molar-refractivity contribution is 4.51. The zero-order chi connectivity index (χ0) is 17.9. The molecule has 0 aromatic rings. The van der Waals surface area contributed by atoms with E-state index in [9.17, 15) is 0 Å². The van der Waals surface area contributed by atoms with Crippen LogP contribution in [0.25, 0.3) is 0 Å². The summed E-state index contributed by atoms with van der Waals surface area (Å²) in [5, 5.41) is 0. The van der Waals surface area contributed by atoms with Crippen LogP contribution in [0.2, 0.25) is 0 Å². The largest absolute Gasteiger partial charge is 0.379 e. The fourth-order valence-corrected chi connectivity index (χ4v) is 3.02. The van der Waals surface area contributed by atoms with Gasteiger partial charge in [0.2, 0.25) is 0 Å².